The van der Waals surface area contributed by atoms with Gasteiger partial charge in [0.15, 0.2) is 0 Å². The van der Waals surface area contributed by atoms with Crippen LogP contribution < -0.4 is 5.73 Å². The summed E-state index contributed by atoms with van der Waals surface area (Å²) < 4.78 is 0. The molecule has 0 saturated heterocycles. The molecule has 1 aliphatic heterocycles. The predicted molar refractivity (Wildman–Crippen MR) is 84.9 cm³/mol. The Balaban J connectivity index is 2.41. The zero-order valence-electron chi connectivity index (χ0n) is 13.4. The van der Waals surface area contributed by atoms with E-state index < -0.39 is 0 Å². The van der Waals surface area contributed by atoms with Crippen molar-refractivity contribution in [3.8, 4) is 0 Å². The van der Waals surface area contributed by atoms with E-state index in [0.717, 1.165) is 17.0 Å². The Kier molecular flexibility index (Phi) is 3.31. The van der Waals surface area contributed by atoms with Crippen molar-refractivity contribution < 1.29 is 0 Å². The van der Waals surface area contributed by atoms with Crippen molar-refractivity contribution >= 4 is 11.4 Å². The van der Waals surface area contributed by atoms with E-state index in [1.807, 2.05) is 24.2 Å². The number of rotatable bonds is 2. The summed E-state index contributed by atoms with van der Waals surface area (Å²) in [5.74, 6) is 0.251. The van der Waals surface area contributed by atoms with Crippen LogP contribution in [0, 0.1) is 22.2 Å². The second-order valence-electron chi connectivity index (χ2n) is 7.03. The lowest BCUT2D eigenvalue weighted by Crippen LogP contribution is -2.35. The van der Waals surface area contributed by atoms with Crippen LogP contribution in [0.4, 0.5) is 0 Å². The molecule has 1 unspecified atom stereocenters. The van der Waals surface area contributed by atoms with Gasteiger partial charge in [0.25, 0.3) is 0 Å². The number of nitrogens with zero attached hydrogens (tertiary/aromatic N) is 2. The Morgan fingerprint density at radius 2 is 2.00 bits per heavy atom. The standard InChI is InChI=1S/C16H26N4/c1-10-12(14(18)16(4,5)15(10,2)3)13(17)11-7-8-20(6)9-19-11/h7-8,10,17H,9,18H2,1-6H3. The average molecular weight is 274 g/mol. The minimum absolute atomic E-state index is 0.0362. The van der Waals surface area contributed by atoms with Crippen LogP contribution in [-0.2, 0) is 0 Å². The van der Waals surface area contributed by atoms with Crippen molar-refractivity contribution in [2.24, 2.45) is 27.5 Å². The fraction of sp³-hybridized carbons (Fsp3) is 0.625. The Bertz CT molecular complexity index is 535. The maximum absolute atomic E-state index is 8.52. The van der Waals surface area contributed by atoms with Gasteiger partial charge in [0.1, 0.15) is 6.67 Å². The van der Waals surface area contributed by atoms with Gasteiger partial charge in [-0.2, -0.15) is 0 Å². The fourth-order valence-corrected chi connectivity index (χ4v) is 2.96. The number of nitrogens with one attached hydrogen (secondary N) is 1. The van der Waals surface area contributed by atoms with Crippen LogP contribution in [0.25, 0.3) is 0 Å². The third-order valence-corrected chi connectivity index (χ3v) is 5.57. The fourth-order valence-electron chi connectivity index (χ4n) is 2.96. The van der Waals surface area contributed by atoms with Gasteiger partial charge in [-0.1, -0.05) is 34.6 Å². The number of nitrogens with two attached hydrogens (primary N) is 1. The van der Waals surface area contributed by atoms with E-state index in [0.29, 0.717) is 12.4 Å². The lowest BCUT2D eigenvalue weighted by atomic mass is 9.65. The summed E-state index contributed by atoms with van der Waals surface area (Å²) in [4.78, 5) is 6.45. The van der Waals surface area contributed by atoms with Crippen LogP contribution in [0.2, 0.25) is 0 Å². The molecule has 0 aromatic carbocycles. The molecule has 20 heavy (non-hydrogen) atoms. The predicted octanol–water partition coefficient (Wildman–Crippen LogP) is 2.78. The lowest BCUT2D eigenvalue weighted by molar-refractivity contribution is 0.129. The van der Waals surface area contributed by atoms with Gasteiger partial charge in [0.05, 0.1) is 11.4 Å². The summed E-state index contributed by atoms with van der Waals surface area (Å²) in [7, 11) is 1.97. The molecule has 0 spiro atoms. The molecular weight excluding hydrogens is 248 g/mol. The Morgan fingerprint density at radius 1 is 1.40 bits per heavy atom. The van der Waals surface area contributed by atoms with Gasteiger partial charge in [0.2, 0.25) is 0 Å². The first-order valence-electron chi connectivity index (χ1n) is 7.13. The molecule has 4 heteroatoms. The molecular formula is C16H26N4. The number of hydrogen-bond acceptors (Lipinski definition) is 4. The lowest BCUT2D eigenvalue weighted by Gasteiger charge is -2.39. The number of aliphatic imine (C=N–C) groups is 1. The Morgan fingerprint density at radius 3 is 2.40 bits per heavy atom. The average Bonchev–Trinajstić information content (AvgIpc) is 2.49. The van der Waals surface area contributed by atoms with Crippen molar-refractivity contribution in [3.05, 3.63) is 23.5 Å². The summed E-state index contributed by atoms with van der Waals surface area (Å²) in [5.41, 5.74) is 9.37. The second-order valence-corrected chi connectivity index (χ2v) is 7.03. The minimum Gasteiger partial charge on any atom is -0.401 e. The third kappa shape index (κ3) is 1.89. The Labute approximate surface area is 122 Å². The molecule has 1 heterocycles. The first-order valence-corrected chi connectivity index (χ1v) is 7.13. The van der Waals surface area contributed by atoms with E-state index in [9.17, 15) is 0 Å². The molecule has 0 amide bonds. The van der Waals surface area contributed by atoms with Crippen LogP contribution in [0.15, 0.2) is 28.5 Å². The van der Waals surface area contributed by atoms with Gasteiger partial charge >= 0.3 is 0 Å². The van der Waals surface area contributed by atoms with Gasteiger partial charge < -0.3 is 10.6 Å². The van der Waals surface area contributed by atoms with Crippen molar-refractivity contribution in [2.45, 2.75) is 34.6 Å². The first-order chi connectivity index (χ1) is 9.10. The van der Waals surface area contributed by atoms with Crippen LogP contribution >= 0.6 is 0 Å². The van der Waals surface area contributed by atoms with Gasteiger partial charge in [-0.25, -0.2) is 0 Å². The normalized spacial score (nSPS) is 27.8. The van der Waals surface area contributed by atoms with Crippen molar-refractivity contribution in [2.75, 3.05) is 13.7 Å². The molecule has 2 rings (SSSR count). The molecule has 4 nitrogen and oxygen atoms in total. The van der Waals surface area contributed by atoms with Gasteiger partial charge in [-0.15, -0.1) is 0 Å². The van der Waals surface area contributed by atoms with E-state index in [4.69, 9.17) is 11.1 Å². The van der Waals surface area contributed by atoms with Gasteiger partial charge in [0, 0.05) is 29.9 Å². The topological polar surface area (TPSA) is 65.5 Å². The highest BCUT2D eigenvalue weighted by Crippen LogP contribution is 2.56. The summed E-state index contributed by atoms with van der Waals surface area (Å²) in [6, 6.07) is 0. The first kappa shape index (κ1) is 14.8. The molecule has 110 valence electrons. The minimum atomic E-state index is -0.107. The highest BCUT2D eigenvalue weighted by molar-refractivity contribution is 6.51. The summed E-state index contributed by atoms with van der Waals surface area (Å²) >= 11 is 0. The van der Waals surface area contributed by atoms with Crippen LogP contribution in [0.1, 0.15) is 34.6 Å². The summed E-state index contributed by atoms with van der Waals surface area (Å²) in [6.07, 6.45) is 3.86. The van der Waals surface area contributed by atoms with Crippen molar-refractivity contribution in [3.63, 3.8) is 0 Å². The number of allylic oxidation sites excluding steroid dienone is 3. The van der Waals surface area contributed by atoms with Crippen molar-refractivity contribution in [1.29, 1.82) is 5.41 Å². The van der Waals surface area contributed by atoms with Gasteiger partial charge in [-0.05, 0) is 17.4 Å². The summed E-state index contributed by atoms with van der Waals surface area (Å²) in [5, 5.41) is 8.52. The third-order valence-electron chi connectivity index (χ3n) is 5.57. The molecule has 0 saturated carbocycles. The van der Waals surface area contributed by atoms with Crippen LogP contribution in [0.3, 0.4) is 0 Å². The zero-order valence-corrected chi connectivity index (χ0v) is 13.4. The Hall–Kier alpha value is -1.58. The highest BCUT2D eigenvalue weighted by Gasteiger charge is 2.52. The van der Waals surface area contributed by atoms with Crippen LogP contribution in [-0.4, -0.2) is 30.0 Å². The summed E-state index contributed by atoms with van der Waals surface area (Å²) in [6.45, 7) is 11.6. The van der Waals surface area contributed by atoms with E-state index in [2.05, 4.69) is 39.6 Å². The van der Waals surface area contributed by atoms with E-state index in [-0.39, 0.29) is 16.7 Å². The molecule has 0 fully saturated rings. The maximum Gasteiger partial charge on any atom is 0.110 e. The molecule has 1 atom stereocenters. The number of hydrogen-bond donors (Lipinski definition) is 2. The SMILES string of the molecule is CC1C(C(=N)C2=NCN(C)C=C2)=C(N)C(C)(C)C1(C)C. The largest absolute Gasteiger partial charge is 0.401 e. The van der Waals surface area contributed by atoms with Gasteiger partial charge in [-0.3, -0.25) is 10.4 Å². The van der Waals surface area contributed by atoms with E-state index in [1.165, 1.54) is 0 Å². The molecule has 0 aromatic heterocycles. The highest BCUT2D eigenvalue weighted by atomic mass is 15.2. The second kappa shape index (κ2) is 4.47. The molecule has 3 N–H and O–H groups in total. The quantitative estimate of drug-likeness (QED) is 0.760. The zero-order chi connectivity index (χ0) is 15.3. The van der Waals surface area contributed by atoms with E-state index >= 15 is 0 Å². The smallest absolute Gasteiger partial charge is 0.110 e. The molecule has 0 aromatic rings. The molecule has 2 aliphatic rings. The maximum atomic E-state index is 8.52. The monoisotopic (exact) mass is 274 g/mol. The molecule has 1 aliphatic carbocycles. The molecule has 0 bridgehead atoms. The van der Waals surface area contributed by atoms with E-state index in [1.54, 1.807) is 0 Å². The molecule has 0 radical (unpaired) electrons. The van der Waals surface area contributed by atoms with Crippen molar-refractivity contribution in [1.82, 2.24) is 4.90 Å². The van der Waals surface area contributed by atoms with Crippen LogP contribution in [0.5, 0.6) is 0 Å².